The van der Waals surface area contributed by atoms with E-state index in [0.29, 0.717) is 0 Å². The average Bonchev–Trinajstić information content (AvgIpc) is 1.63. The molecule has 0 atom stereocenters. The summed E-state index contributed by atoms with van der Waals surface area (Å²) in [5.41, 5.74) is 23.8. The second-order valence-electron chi connectivity index (χ2n) is 23.7. The zero-order chi connectivity index (χ0) is 62.3. The van der Waals surface area contributed by atoms with Gasteiger partial charge in [-0.25, -0.2) is 0 Å². The molecule has 3 heterocycles. The van der Waals surface area contributed by atoms with Gasteiger partial charge in [0, 0.05) is 93.9 Å². The largest absolute Gasteiger partial charge is 0.311 e. The lowest BCUT2D eigenvalue weighted by atomic mass is 10.0. The highest BCUT2D eigenvalue weighted by Crippen LogP contribution is 2.44. The maximum Gasteiger partial charge on any atom is 0.0541 e. The predicted molar refractivity (Wildman–Crippen MR) is 399 cm³/mol. The summed E-state index contributed by atoms with van der Waals surface area (Å²) in [6.45, 7) is 0. The van der Waals surface area contributed by atoms with Crippen LogP contribution in [0.15, 0.2) is 370 Å². The molecule has 0 unspecified atom stereocenters. The molecule has 444 valence electrons. The molecule has 5 nitrogen and oxygen atoms in total. The molecule has 0 saturated heterocycles. The van der Waals surface area contributed by atoms with Gasteiger partial charge in [0.1, 0.15) is 0 Å². The van der Waals surface area contributed by atoms with Gasteiger partial charge in [0.05, 0.1) is 22.1 Å². The van der Waals surface area contributed by atoms with E-state index in [9.17, 15) is 0 Å². The standard InChI is InChI=1S/C88H61N5S/c1-4-18-66(19-5-1)87-60-61-88(94-87)67-40-50-74(51-41-67)91(72-46-36-64(37-47-72)62-32-42-70(43-33-62)89(68-20-6-2-7-21-68)75-52-56-77(57-53-75)92-83-28-14-10-24-79(83)80-25-11-15-29-84(80)92)73-48-38-65(39-49-73)63-34-44-71(45-35-63)90(69-22-8-3-9-23-69)76-54-58-78(59-55-76)93-85-30-16-12-26-81(85)82-27-13-17-31-86(82)93/h1-61H. The Morgan fingerprint density at radius 3 is 0.670 bits per heavy atom. The third-order valence-electron chi connectivity index (χ3n) is 18.2. The average molecular weight is 1220 g/mol. The van der Waals surface area contributed by atoms with Crippen molar-refractivity contribution in [1.29, 1.82) is 0 Å². The first-order valence-electron chi connectivity index (χ1n) is 32.0. The van der Waals surface area contributed by atoms with Gasteiger partial charge in [0.15, 0.2) is 0 Å². The third kappa shape index (κ3) is 10.3. The number of para-hydroxylation sites is 6. The van der Waals surface area contributed by atoms with Crippen LogP contribution in [0.4, 0.5) is 51.2 Å². The Kier molecular flexibility index (Phi) is 14.4. The number of anilines is 9. The molecule has 0 radical (unpaired) electrons. The molecule has 0 N–H and O–H groups in total. The van der Waals surface area contributed by atoms with Crippen molar-refractivity contribution in [2.45, 2.75) is 0 Å². The zero-order valence-corrected chi connectivity index (χ0v) is 52.2. The van der Waals surface area contributed by atoms with Crippen molar-refractivity contribution in [1.82, 2.24) is 9.13 Å². The van der Waals surface area contributed by atoms with Crippen LogP contribution < -0.4 is 14.7 Å². The number of nitrogens with zero attached hydrogens (tertiary/aromatic N) is 5. The van der Waals surface area contributed by atoms with E-state index in [1.165, 1.54) is 64.5 Å². The quantitative estimate of drug-likeness (QED) is 0.102. The fourth-order valence-electron chi connectivity index (χ4n) is 13.6. The maximum absolute atomic E-state index is 2.37. The lowest BCUT2D eigenvalue weighted by Crippen LogP contribution is -2.10. The fourth-order valence-corrected chi connectivity index (χ4v) is 14.7. The number of benzene rings is 14. The van der Waals surface area contributed by atoms with Crippen LogP contribution >= 0.6 is 11.3 Å². The van der Waals surface area contributed by atoms with Gasteiger partial charge in [-0.05, 0) is 203 Å². The lowest BCUT2D eigenvalue weighted by Gasteiger charge is -2.27. The van der Waals surface area contributed by atoms with Gasteiger partial charge < -0.3 is 23.8 Å². The third-order valence-corrected chi connectivity index (χ3v) is 19.3. The van der Waals surface area contributed by atoms with E-state index in [2.05, 4.69) is 394 Å². The Morgan fingerprint density at radius 2 is 0.383 bits per heavy atom. The first-order valence-corrected chi connectivity index (χ1v) is 32.8. The van der Waals surface area contributed by atoms with Gasteiger partial charge in [-0.2, -0.15) is 0 Å². The van der Waals surface area contributed by atoms with Crippen molar-refractivity contribution >= 4 is 106 Å². The number of rotatable bonds is 15. The molecule has 0 fully saturated rings. The van der Waals surface area contributed by atoms with Crippen LogP contribution in [0.25, 0.3) is 98.1 Å². The van der Waals surface area contributed by atoms with Gasteiger partial charge in [-0.1, -0.05) is 200 Å². The molecule has 0 amide bonds. The smallest absolute Gasteiger partial charge is 0.0541 e. The molecule has 17 rings (SSSR count). The normalized spacial score (nSPS) is 11.4. The fraction of sp³-hybridized carbons (Fsp3) is 0. The Morgan fingerprint density at radius 1 is 0.170 bits per heavy atom. The van der Waals surface area contributed by atoms with Crippen LogP contribution in [0.3, 0.4) is 0 Å². The summed E-state index contributed by atoms with van der Waals surface area (Å²) in [5, 5.41) is 5.02. The number of thiophene rings is 1. The van der Waals surface area contributed by atoms with Crippen LogP contribution in [0.1, 0.15) is 0 Å². The van der Waals surface area contributed by atoms with Crippen LogP contribution in [-0.4, -0.2) is 9.13 Å². The number of hydrogen-bond acceptors (Lipinski definition) is 4. The van der Waals surface area contributed by atoms with E-state index in [1.807, 2.05) is 11.3 Å². The molecule has 6 heteroatoms. The van der Waals surface area contributed by atoms with Crippen molar-refractivity contribution < 1.29 is 0 Å². The van der Waals surface area contributed by atoms with Gasteiger partial charge in [-0.3, -0.25) is 0 Å². The van der Waals surface area contributed by atoms with Crippen molar-refractivity contribution in [3.05, 3.63) is 370 Å². The minimum Gasteiger partial charge on any atom is -0.311 e. The molecule has 14 aromatic carbocycles. The SMILES string of the molecule is c1ccc(-c2ccc(-c3ccc(N(c4ccc(-c5ccc(N(c6ccccc6)c6ccc(-n7c8ccccc8c8ccccc87)cc6)cc5)cc4)c4ccc(-c5ccc(N(c6ccccc6)c6ccc(-n7c8ccccc8c8ccccc87)cc6)cc5)cc4)cc3)s2)cc1. The molecule has 0 saturated carbocycles. The van der Waals surface area contributed by atoms with E-state index in [4.69, 9.17) is 0 Å². The highest BCUT2D eigenvalue weighted by Gasteiger charge is 2.20. The van der Waals surface area contributed by atoms with Crippen LogP contribution in [0.5, 0.6) is 0 Å². The number of fused-ring (bicyclic) bond motifs is 6. The molecule has 0 aliphatic heterocycles. The molecule has 0 aliphatic carbocycles. The maximum atomic E-state index is 2.37. The summed E-state index contributed by atoms with van der Waals surface area (Å²) in [6.07, 6.45) is 0. The zero-order valence-electron chi connectivity index (χ0n) is 51.4. The van der Waals surface area contributed by atoms with Crippen molar-refractivity contribution in [2.75, 3.05) is 14.7 Å². The second kappa shape index (κ2) is 24.2. The Balaban J connectivity index is 0.664. The van der Waals surface area contributed by atoms with E-state index < -0.39 is 0 Å². The summed E-state index contributed by atoms with van der Waals surface area (Å²) in [5.74, 6) is 0. The first kappa shape index (κ1) is 55.8. The van der Waals surface area contributed by atoms with E-state index in [0.717, 1.165) is 84.8 Å². The van der Waals surface area contributed by atoms with E-state index >= 15 is 0 Å². The summed E-state index contributed by atoms with van der Waals surface area (Å²) < 4.78 is 4.74. The summed E-state index contributed by atoms with van der Waals surface area (Å²) in [6, 6.07) is 134. The molecule has 0 spiro atoms. The highest BCUT2D eigenvalue weighted by molar-refractivity contribution is 7.18. The van der Waals surface area contributed by atoms with Gasteiger partial charge in [-0.15, -0.1) is 11.3 Å². The molecular weight excluding hydrogens is 1160 g/mol. The van der Waals surface area contributed by atoms with Gasteiger partial charge in [0.25, 0.3) is 0 Å². The second-order valence-corrected chi connectivity index (χ2v) is 24.8. The Hall–Kier alpha value is -12.2. The summed E-state index contributed by atoms with van der Waals surface area (Å²) in [4.78, 5) is 9.53. The van der Waals surface area contributed by atoms with Crippen molar-refractivity contribution in [3.8, 4) is 54.5 Å². The van der Waals surface area contributed by atoms with Gasteiger partial charge in [0.2, 0.25) is 0 Å². The van der Waals surface area contributed by atoms with Crippen LogP contribution in [0.2, 0.25) is 0 Å². The van der Waals surface area contributed by atoms with Crippen LogP contribution in [0, 0.1) is 0 Å². The minimum absolute atomic E-state index is 1.07. The minimum atomic E-state index is 1.07. The van der Waals surface area contributed by atoms with Gasteiger partial charge >= 0.3 is 0 Å². The van der Waals surface area contributed by atoms with Crippen molar-refractivity contribution in [3.63, 3.8) is 0 Å². The molecule has 0 bridgehead atoms. The molecule has 94 heavy (non-hydrogen) atoms. The molecular formula is C88H61N5S. The predicted octanol–water partition coefficient (Wildman–Crippen LogP) is 25.0. The molecule has 17 aromatic rings. The monoisotopic (exact) mass is 1220 g/mol. The molecule has 3 aromatic heterocycles. The van der Waals surface area contributed by atoms with Crippen molar-refractivity contribution in [2.24, 2.45) is 0 Å². The summed E-state index contributed by atoms with van der Waals surface area (Å²) in [7, 11) is 0. The topological polar surface area (TPSA) is 19.6 Å². The van der Waals surface area contributed by atoms with E-state index in [-0.39, 0.29) is 0 Å². The van der Waals surface area contributed by atoms with E-state index in [1.54, 1.807) is 0 Å². The van der Waals surface area contributed by atoms with Crippen LogP contribution in [-0.2, 0) is 0 Å². The Bertz CT molecular complexity index is 5090. The Labute approximate surface area is 551 Å². The number of aromatic nitrogens is 2. The number of hydrogen-bond donors (Lipinski definition) is 0. The first-order chi connectivity index (χ1) is 46.6. The summed E-state index contributed by atoms with van der Waals surface area (Å²) >= 11 is 1.82. The lowest BCUT2D eigenvalue weighted by molar-refractivity contribution is 1.17. The highest BCUT2D eigenvalue weighted by atomic mass is 32.1. The molecule has 0 aliphatic rings.